The van der Waals surface area contributed by atoms with Gasteiger partial charge in [0.25, 0.3) is 0 Å². The molecule has 2 atom stereocenters. The average molecular weight is 242 g/mol. The number of aryl methyl sites for hydroxylation is 1. The van der Waals surface area contributed by atoms with Crippen LogP contribution in [0.15, 0.2) is 5.38 Å². The van der Waals surface area contributed by atoms with Gasteiger partial charge >= 0.3 is 0 Å². The molecule has 4 heteroatoms. The topological polar surface area (TPSA) is 38.9 Å². The fourth-order valence-electron chi connectivity index (χ4n) is 1.98. The lowest BCUT2D eigenvalue weighted by atomic mass is 10.0. The maximum Gasteiger partial charge on any atom is 0.0897 e. The molecule has 2 rings (SSSR count). The van der Waals surface area contributed by atoms with E-state index in [1.807, 2.05) is 11.8 Å². The summed E-state index contributed by atoms with van der Waals surface area (Å²) in [4.78, 5) is 4.47. The molecule has 1 fully saturated rings. The van der Waals surface area contributed by atoms with Gasteiger partial charge in [-0.15, -0.1) is 11.3 Å². The third-order valence-corrected chi connectivity index (χ3v) is 5.16. The predicted octanol–water partition coefficient (Wildman–Crippen LogP) is 2.61. The van der Waals surface area contributed by atoms with Crippen molar-refractivity contribution in [2.75, 3.05) is 5.75 Å². The normalized spacial score (nSPS) is 24.0. The van der Waals surface area contributed by atoms with Crippen molar-refractivity contribution in [3.05, 3.63) is 16.1 Å². The predicted molar refractivity (Wildman–Crippen MR) is 68.6 cm³/mol. The molecule has 15 heavy (non-hydrogen) atoms. The molecule has 2 unspecified atom stereocenters. The zero-order chi connectivity index (χ0) is 10.7. The van der Waals surface area contributed by atoms with Crippen LogP contribution in [0.4, 0.5) is 0 Å². The van der Waals surface area contributed by atoms with Crippen molar-refractivity contribution in [1.29, 1.82) is 0 Å². The number of rotatable bonds is 3. The zero-order valence-corrected chi connectivity index (χ0v) is 10.7. The fraction of sp³-hybridized carbons (Fsp3) is 0.727. The molecule has 1 aromatic rings. The second-order valence-electron chi connectivity index (χ2n) is 4.13. The van der Waals surface area contributed by atoms with Gasteiger partial charge in [0.05, 0.1) is 10.7 Å². The Kier molecular flexibility index (Phi) is 4.05. The van der Waals surface area contributed by atoms with Crippen LogP contribution in [0.5, 0.6) is 0 Å². The summed E-state index contributed by atoms with van der Waals surface area (Å²) in [6.07, 6.45) is 4.95. The van der Waals surface area contributed by atoms with Crippen molar-refractivity contribution in [2.24, 2.45) is 5.73 Å². The number of aromatic nitrogens is 1. The van der Waals surface area contributed by atoms with E-state index in [2.05, 4.69) is 17.3 Å². The highest BCUT2D eigenvalue weighted by atomic mass is 32.2. The minimum atomic E-state index is 0.289. The molecule has 1 saturated heterocycles. The Labute approximate surface area is 99.7 Å². The molecule has 2 nitrogen and oxygen atoms in total. The molecule has 2 heterocycles. The molecular formula is C11H18N2S2. The number of thioether (sulfide) groups is 1. The number of nitrogens with two attached hydrogens (primary N) is 1. The van der Waals surface area contributed by atoms with E-state index in [4.69, 9.17) is 5.73 Å². The Bertz CT molecular complexity index is 305. The Hall–Kier alpha value is -0.0600. The zero-order valence-electron chi connectivity index (χ0n) is 9.11. The molecule has 0 spiro atoms. The average Bonchev–Trinajstić information content (AvgIpc) is 2.65. The maximum atomic E-state index is 6.23. The summed E-state index contributed by atoms with van der Waals surface area (Å²) in [7, 11) is 0. The van der Waals surface area contributed by atoms with Crippen LogP contribution < -0.4 is 5.73 Å². The summed E-state index contributed by atoms with van der Waals surface area (Å²) in [5, 5.41) is 3.94. The van der Waals surface area contributed by atoms with Crippen molar-refractivity contribution in [3.63, 3.8) is 0 Å². The largest absolute Gasteiger partial charge is 0.326 e. The molecule has 0 radical (unpaired) electrons. The van der Waals surface area contributed by atoms with Crippen molar-refractivity contribution in [3.8, 4) is 0 Å². The Morgan fingerprint density at radius 1 is 1.60 bits per heavy atom. The van der Waals surface area contributed by atoms with Crippen LogP contribution in [0.1, 0.15) is 30.0 Å². The Balaban J connectivity index is 1.88. The van der Waals surface area contributed by atoms with E-state index in [1.54, 1.807) is 11.3 Å². The van der Waals surface area contributed by atoms with Crippen LogP contribution in [-0.4, -0.2) is 22.0 Å². The van der Waals surface area contributed by atoms with Crippen LogP contribution in [0.2, 0.25) is 0 Å². The lowest BCUT2D eigenvalue weighted by Crippen LogP contribution is -2.36. The van der Waals surface area contributed by atoms with Gasteiger partial charge in [0.2, 0.25) is 0 Å². The molecule has 0 bridgehead atoms. The summed E-state index contributed by atoms with van der Waals surface area (Å²) < 4.78 is 0. The monoisotopic (exact) mass is 242 g/mol. The summed E-state index contributed by atoms with van der Waals surface area (Å²) in [5.41, 5.74) is 7.41. The van der Waals surface area contributed by atoms with Crippen LogP contribution in [0.25, 0.3) is 0 Å². The number of hydrogen-bond donors (Lipinski definition) is 1. The molecule has 1 aromatic heterocycles. The van der Waals surface area contributed by atoms with Gasteiger partial charge in [-0.05, 0) is 25.5 Å². The standard InChI is InChI=1S/C11H18N2S2/c1-8-13-9(7-15-8)6-10(12)11-4-2-3-5-14-11/h7,10-11H,2-6,12H2,1H3. The van der Waals surface area contributed by atoms with Crippen LogP contribution >= 0.6 is 23.1 Å². The fourth-order valence-corrected chi connectivity index (χ4v) is 3.95. The van der Waals surface area contributed by atoms with Crippen molar-refractivity contribution < 1.29 is 0 Å². The number of hydrogen-bond acceptors (Lipinski definition) is 4. The van der Waals surface area contributed by atoms with E-state index in [1.165, 1.54) is 30.7 Å². The van der Waals surface area contributed by atoms with Gasteiger partial charge in [0.1, 0.15) is 0 Å². The highest BCUT2D eigenvalue weighted by Gasteiger charge is 2.21. The molecular weight excluding hydrogens is 224 g/mol. The Morgan fingerprint density at radius 2 is 2.47 bits per heavy atom. The van der Waals surface area contributed by atoms with Gasteiger partial charge in [-0.3, -0.25) is 0 Å². The minimum absolute atomic E-state index is 0.289. The maximum absolute atomic E-state index is 6.23. The van der Waals surface area contributed by atoms with E-state index in [9.17, 15) is 0 Å². The molecule has 1 aliphatic heterocycles. The van der Waals surface area contributed by atoms with Crippen molar-refractivity contribution in [1.82, 2.24) is 4.98 Å². The van der Waals surface area contributed by atoms with Gasteiger partial charge in [-0.2, -0.15) is 11.8 Å². The first-order valence-corrected chi connectivity index (χ1v) is 7.47. The minimum Gasteiger partial charge on any atom is -0.326 e. The van der Waals surface area contributed by atoms with Gasteiger partial charge < -0.3 is 5.73 Å². The van der Waals surface area contributed by atoms with Gasteiger partial charge in [-0.25, -0.2) is 4.98 Å². The first kappa shape index (κ1) is 11.4. The van der Waals surface area contributed by atoms with Gasteiger partial charge in [-0.1, -0.05) is 6.42 Å². The molecule has 0 aromatic carbocycles. The number of thiazole rings is 1. The molecule has 0 saturated carbocycles. The molecule has 1 aliphatic rings. The highest BCUT2D eigenvalue weighted by molar-refractivity contribution is 8.00. The van der Waals surface area contributed by atoms with Crippen molar-refractivity contribution in [2.45, 2.75) is 43.9 Å². The lowest BCUT2D eigenvalue weighted by Gasteiger charge is -2.26. The SMILES string of the molecule is Cc1nc(CC(N)C2CCCCS2)cs1. The second kappa shape index (κ2) is 5.32. The van der Waals surface area contributed by atoms with E-state index in [0.29, 0.717) is 5.25 Å². The van der Waals surface area contributed by atoms with E-state index in [0.717, 1.165) is 11.4 Å². The summed E-state index contributed by atoms with van der Waals surface area (Å²) >= 11 is 3.77. The summed E-state index contributed by atoms with van der Waals surface area (Å²) in [6.45, 7) is 2.05. The number of nitrogens with zero attached hydrogens (tertiary/aromatic N) is 1. The second-order valence-corrected chi connectivity index (χ2v) is 6.54. The molecule has 84 valence electrons. The quantitative estimate of drug-likeness (QED) is 0.885. The molecule has 2 N–H and O–H groups in total. The highest BCUT2D eigenvalue weighted by Crippen LogP contribution is 2.28. The first-order chi connectivity index (χ1) is 7.25. The van der Waals surface area contributed by atoms with Gasteiger partial charge in [0, 0.05) is 23.1 Å². The van der Waals surface area contributed by atoms with E-state index >= 15 is 0 Å². The van der Waals surface area contributed by atoms with Crippen LogP contribution in [-0.2, 0) is 6.42 Å². The van der Waals surface area contributed by atoms with Crippen LogP contribution in [0.3, 0.4) is 0 Å². The van der Waals surface area contributed by atoms with E-state index in [-0.39, 0.29) is 6.04 Å². The first-order valence-electron chi connectivity index (χ1n) is 5.54. The third kappa shape index (κ3) is 3.20. The molecule has 0 aliphatic carbocycles. The Morgan fingerprint density at radius 3 is 3.07 bits per heavy atom. The smallest absolute Gasteiger partial charge is 0.0897 e. The third-order valence-electron chi connectivity index (χ3n) is 2.80. The molecule has 0 amide bonds. The van der Waals surface area contributed by atoms with Crippen molar-refractivity contribution >= 4 is 23.1 Å². The summed E-state index contributed by atoms with van der Waals surface area (Å²) in [6, 6.07) is 0.289. The summed E-state index contributed by atoms with van der Waals surface area (Å²) in [5.74, 6) is 1.29. The van der Waals surface area contributed by atoms with E-state index < -0.39 is 0 Å². The van der Waals surface area contributed by atoms with Crippen LogP contribution in [0, 0.1) is 6.92 Å². The van der Waals surface area contributed by atoms with Gasteiger partial charge in [0.15, 0.2) is 0 Å². The lowest BCUT2D eigenvalue weighted by molar-refractivity contribution is 0.556.